The topological polar surface area (TPSA) is 32.7 Å². The summed E-state index contributed by atoms with van der Waals surface area (Å²) in [5.74, 6) is 1.60. The zero-order valence-corrected chi connectivity index (χ0v) is 12.5. The Labute approximate surface area is 121 Å². The third-order valence-corrected chi connectivity index (χ3v) is 4.90. The molecule has 3 heteroatoms. The minimum atomic E-state index is -0.376. The van der Waals surface area contributed by atoms with E-state index in [2.05, 4.69) is 17.9 Å². The monoisotopic (exact) mass is 275 g/mol. The second-order valence-corrected chi connectivity index (χ2v) is 6.36. The lowest BCUT2D eigenvalue weighted by Crippen LogP contribution is -2.46. The minimum Gasteiger partial charge on any atom is -0.497 e. The summed E-state index contributed by atoms with van der Waals surface area (Å²) in [6.45, 7) is 4.57. The number of likely N-dealkylation sites (tertiary alicyclic amines) is 1. The van der Waals surface area contributed by atoms with Crippen molar-refractivity contribution in [3.05, 3.63) is 29.3 Å². The van der Waals surface area contributed by atoms with Gasteiger partial charge in [-0.25, -0.2) is 0 Å². The zero-order chi connectivity index (χ0) is 14.1. The molecular weight excluding hydrogens is 250 g/mol. The fourth-order valence-corrected chi connectivity index (χ4v) is 3.78. The fraction of sp³-hybridized carbons (Fsp3) is 0.647. The summed E-state index contributed by atoms with van der Waals surface area (Å²) >= 11 is 0. The molecule has 3 unspecified atom stereocenters. The summed E-state index contributed by atoms with van der Waals surface area (Å²) in [6, 6.07) is 6.39. The Kier molecular flexibility index (Phi) is 3.99. The van der Waals surface area contributed by atoms with Crippen molar-refractivity contribution in [1.82, 2.24) is 4.90 Å². The second-order valence-electron chi connectivity index (χ2n) is 6.36. The van der Waals surface area contributed by atoms with Gasteiger partial charge in [0.15, 0.2) is 0 Å². The third-order valence-electron chi connectivity index (χ3n) is 4.90. The Balaban J connectivity index is 1.82. The van der Waals surface area contributed by atoms with Gasteiger partial charge in [0.1, 0.15) is 5.75 Å². The SMILES string of the molecule is COc1ccc2c(c1)C(O)C(N1CCCC(C)C1)CC2. The molecule has 1 aromatic carbocycles. The van der Waals surface area contributed by atoms with Gasteiger partial charge in [0.25, 0.3) is 0 Å². The smallest absolute Gasteiger partial charge is 0.119 e. The number of piperidine rings is 1. The Bertz CT molecular complexity index is 474. The number of fused-ring (bicyclic) bond motifs is 1. The number of hydrogen-bond donors (Lipinski definition) is 1. The molecule has 0 amide bonds. The normalized spacial score (nSPS) is 30.9. The van der Waals surface area contributed by atoms with E-state index in [9.17, 15) is 5.11 Å². The van der Waals surface area contributed by atoms with Crippen LogP contribution >= 0.6 is 0 Å². The number of aliphatic hydroxyl groups excluding tert-OH is 1. The number of nitrogens with zero attached hydrogens (tertiary/aromatic N) is 1. The van der Waals surface area contributed by atoms with Crippen molar-refractivity contribution in [3.63, 3.8) is 0 Å². The maximum absolute atomic E-state index is 10.8. The fourth-order valence-electron chi connectivity index (χ4n) is 3.78. The molecule has 110 valence electrons. The van der Waals surface area contributed by atoms with E-state index < -0.39 is 0 Å². The maximum Gasteiger partial charge on any atom is 0.119 e. The van der Waals surface area contributed by atoms with Gasteiger partial charge in [-0.05, 0) is 61.4 Å². The van der Waals surface area contributed by atoms with Crippen LogP contribution in [0.3, 0.4) is 0 Å². The molecule has 2 aliphatic rings. The standard InChI is InChI=1S/C17H25NO2/c1-12-4-3-9-18(11-12)16-8-6-13-5-7-14(20-2)10-15(13)17(16)19/h5,7,10,12,16-17,19H,3-4,6,8-9,11H2,1-2H3. The highest BCUT2D eigenvalue weighted by Crippen LogP contribution is 2.36. The highest BCUT2D eigenvalue weighted by atomic mass is 16.5. The summed E-state index contributed by atoms with van der Waals surface area (Å²) in [7, 11) is 1.68. The first-order chi connectivity index (χ1) is 9.69. The Hall–Kier alpha value is -1.06. The van der Waals surface area contributed by atoms with Crippen molar-refractivity contribution < 1.29 is 9.84 Å². The molecule has 1 fully saturated rings. The quantitative estimate of drug-likeness (QED) is 0.901. The van der Waals surface area contributed by atoms with E-state index in [4.69, 9.17) is 4.74 Å². The van der Waals surface area contributed by atoms with Crippen molar-refractivity contribution in [3.8, 4) is 5.75 Å². The first-order valence-electron chi connectivity index (χ1n) is 7.78. The van der Waals surface area contributed by atoms with Crippen LogP contribution in [0.4, 0.5) is 0 Å². The van der Waals surface area contributed by atoms with E-state index in [1.54, 1.807) is 7.11 Å². The van der Waals surface area contributed by atoms with Crippen molar-refractivity contribution in [1.29, 1.82) is 0 Å². The molecule has 1 aliphatic heterocycles. The molecule has 3 rings (SSSR count). The first kappa shape index (κ1) is 13.9. The molecule has 1 N–H and O–H groups in total. The lowest BCUT2D eigenvalue weighted by atomic mass is 9.83. The Morgan fingerprint density at radius 1 is 1.30 bits per heavy atom. The zero-order valence-electron chi connectivity index (χ0n) is 12.5. The van der Waals surface area contributed by atoms with E-state index in [0.29, 0.717) is 0 Å². The number of ether oxygens (including phenoxy) is 1. The second kappa shape index (κ2) is 5.74. The van der Waals surface area contributed by atoms with Gasteiger partial charge in [-0.2, -0.15) is 0 Å². The number of rotatable bonds is 2. The van der Waals surface area contributed by atoms with Crippen LogP contribution in [0.2, 0.25) is 0 Å². The van der Waals surface area contributed by atoms with E-state index >= 15 is 0 Å². The van der Waals surface area contributed by atoms with Gasteiger partial charge < -0.3 is 9.84 Å². The predicted octanol–water partition coefficient (Wildman–Crippen LogP) is 2.78. The Morgan fingerprint density at radius 3 is 2.90 bits per heavy atom. The maximum atomic E-state index is 10.8. The number of benzene rings is 1. The van der Waals surface area contributed by atoms with Gasteiger partial charge in [0, 0.05) is 12.6 Å². The van der Waals surface area contributed by atoms with Crippen LogP contribution in [0.5, 0.6) is 5.75 Å². The minimum absolute atomic E-state index is 0.275. The van der Waals surface area contributed by atoms with Gasteiger partial charge in [-0.15, -0.1) is 0 Å². The van der Waals surface area contributed by atoms with Gasteiger partial charge in [0.2, 0.25) is 0 Å². The highest BCUT2D eigenvalue weighted by molar-refractivity contribution is 5.39. The average Bonchev–Trinajstić information content (AvgIpc) is 2.47. The van der Waals surface area contributed by atoms with Crippen molar-refractivity contribution in [2.45, 2.75) is 44.8 Å². The molecule has 1 saturated heterocycles. The van der Waals surface area contributed by atoms with E-state index in [1.807, 2.05) is 12.1 Å². The van der Waals surface area contributed by atoms with Crippen LogP contribution in [0, 0.1) is 5.92 Å². The molecule has 20 heavy (non-hydrogen) atoms. The van der Waals surface area contributed by atoms with Crippen LogP contribution in [-0.2, 0) is 6.42 Å². The molecule has 0 saturated carbocycles. The lowest BCUT2D eigenvalue weighted by Gasteiger charge is -2.42. The van der Waals surface area contributed by atoms with Gasteiger partial charge >= 0.3 is 0 Å². The molecule has 0 radical (unpaired) electrons. The molecule has 1 aliphatic carbocycles. The number of methoxy groups -OCH3 is 1. The lowest BCUT2D eigenvalue weighted by molar-refractivity contribution is 0.0154. The van der Waals surface area contributed by atoms with E-state index in [0.717, 1.165) is 43.2 Å². The van der Waals surface area contributed by atoms with Gasteiger partial charge in [-0.1, -0.05) is 13.0 Å². The van der Waals surface area contributed by atoms with Crippen molar-refractivity contribution >= 4 is 0 Å². The molecule has 1 aromatic rings. The number of aryl methyl sites for hydroxylation is 1. The third kappa shape index (κ3) is 2.57. The molecule has 0 bridgehead atoms. The summed E-state index contributed by atoms with van der Waals surface area (Å²) < 4.78 is 5.30. The van der Waals surface area contributed by atoms with E-state index in [-0.39, 0.29) is 12.1 Å². The first-order valence-corrected chi connectivity index (χ1v) is 7.78. The molecule has 0 aromatic heterocycles. The van der Waals surface area contributed by atoms with Gasteiger partial charge in [0.05, 0.1) is 13.2 Å². The molecule has 1 heterocycles. The van der Waals surface area contributed by atoms with Crippen molar-refractivity contribution in [2.75, 3.05) is 20.2 Å². The van der Waals surface area contributed by atoms with Gasteiger partial charge in [-0.3, -0.25) is 4.90 Å². The predicted molar refractivity (Wildman–Crippen MR) is 80.0 cm³/mol. The number of hydrogen-bond acceptors (Lipinski definition) is 3. The largest absolute Gasteiger partial charge is 0.497 e. The summed E-state index contributed by atoms with van der Waals surface area (Å²) in [6.07, 6.45) is 4.33. The Morgan fingerprint density at radius 2 is 2.15 bits per heavy atom. The molecule has 3 atom stereocenters. The van der Waals surface area contributed by atoms with Crippen LogP contribution < -0.4 is 4.74 Å². The van der Waals surface area contributed by atoms with Crippen LogP contribution in [-0.4, -0.2) is 36.2 Å². The summed E-state index contributed by atoms with van der Waals surface area (Å²) in [4.78, 5) is 2.50. The van der Waals surface area contributed by atoms with E-state index in [1.165, 1.54) is 18.4 Å². The van der Waals surface area contributed by atoms with Crippen LogP contribution in [0.1, 0.15) is 43.4 Å². The number of aliphatic hydroxyl groups is 1. The summed E-state index contributed by atoms with van der Waals surface area (Å²) in [5.41, 5.74) is 2.35. The van der Waals surface area contributed by atoms with Crippen LogP contribution in [0.25, 0.3) is 0 Å². The summed E-state index contributed by atoms with van der Waals surface area (Å²) in [5, 5.41) is 10.8. The highest BCUT2D eigenvalue weighted by Gasteiger charge is 2.34. The molecule has 0 spiro atoms. The molecule has 3 nitrogen and oxygen atoms in total. The molecular formula is C17H25NO2. The van der Waals surface area contributed by atoms with Crippen LogP contribution in [0.15, 0.2) is 18.2 Å². The van der Waals surface area contributed by atoms with Crippen molar-refractivity contribution in [2.24, 2.45) is 5.92 Å². The average molecular weight is 275 g/mol.